The van der Waals surface area contributed by atoms with Gasteiger partial charge < -0.3 is 24.5 Å². The zero-order valence-electron chi connectivity index (χ0n) is 16.3. The average molecular weight is 457 g/mol. The van der Waals surface area contributed by atoms with Crippen molar-refractivity contribution in [2.45, 2.75) is 31.7 Å². The highest BCUT2D eigenvalue weighted by molar-refractivity contribution is 6.59. The summed E-state index contributed by atoms with van der Waals surface area (Å²) in [6, 6.07) is 6.23. The van der Waals surface area contributed by atoms with Gasteiger partial charge in [-0.1, -0.05) is 11.6 Å². The number of hydrogen-bond acceptors (Lipinski definition) is 6. The number of carbonyl (C=O) groups is 1. The number of benzene rings is 1. The molecule has 0 fully saturated rings. The number of nitriles is 1. The molecule has 7 nitrogen and oxygen atoms in total. The monoisotopic (exact) mass is 456 g/mol. The molecule has 1 atom stereocenters. The summed E-state index contributed by atoms with van der Waals surface area (Å²) in [5.41, 5.74) is -0.0696. The number of carbonyl (C=O) groups excluding carboxylic acids is 1. The Labute approximate surface area is 181 Å². The maximum Gasteiger partial charge on any atom is 0.573 e. The van der Waals surface area contributed by atoms with Crippen LogP contribution in [0.25, 0.3) is 0 Å². The summed E-state index contributed by atoms with van der Waals surface area (Å²) in [5, 5.41) is 22.1. The molecule has 12 heteroatoms. The number of alkyl halides is 3. The van der Waals surface area contributed by atoms with Crippen molar-refractivity contribution in [3.8, 4) is 11.8 Å². The lowest BCUT2D eigenvalue weighted by molar-refractivity contribution is -0.274. The molecule has 1 aromatic carbocycles. The van der Waals surface area contributed by atoms with E-state index < -0.39 is 30.7 Å². The van der Waals surface area contributed by atoms with Crippen molar-refractivity contribution >= 4 is 24.6 Å². The SMILES string of the molecule is CC(C#N)(COC1=C(Cl)C2=C(CC1)COB2O)NC(=O)c1ccc(OC(F)(F)F)cc1. The predicted molar refractivity (Wildman–Crippen MR) is 104 cm³/mol. The summed E-state index contributed by atoms with van der Waals surface area (Å²) < 4.78 is 51.3. The predicted octanol–water partition coefficient (Wildman–Crippen LogP) is 3.20. The zero-order valence-corrected chi connectivity index (χ0v) is 17.0. The minimum Gasteiger partial charge on any atom is -0.493 e. The molecule has 31 heavy (non-hydrogen) atoms. The van der Waals surface area contributed by atoms with Crippen LogP contribution in [0.1, 0.15) is 30.1 Å². The van der Waals surface area contributed by atoms with Crippen LogP contribution in [0.2, 0.25) is 0 Å². The molecule has 3 rings (SSSR count). The van der Waals surface area contributed by atoms with Gasteiger partial charge >= 0.3 is 13.5 Å². The molecule has 1 aliphatic carbocycles. The van der Waals surface area contributed by atoms with Crippen LogP contribution in [0.5, 0.6) is 5.75 Å². The number of halogens is 4. The highest BCUT2D eigenvalue weighted by atomic mass is 35.5. The molecule has 0 radical (unpaired) electrons. The van der Waals surface area contributed by atoms with Crippen molar-refractivity contribution in [3.05, 3.63) is 51.7 Å². The minimum absolute atomic E-state index is 0.0342. The second kappa shape index (κ2) is 8.82. The van der Waals surface area contributed by atoms with Crippen molar-refractivity contribution in [3.63, 3.8) is 0 Å². The second-order valence-electron chi connectivity index (χ2n) is 7.18. The molecule has 0 saturated heterocycles. The summed E-state index contributed by atoms with van der Waals surface area (Å²) in [5.74, 6) is -0.782. The van der Waals surface area contributed by atoms with Gasteiger partial charge in [0, 0.05) is 17.5 Å². The van der Waals surface area contributed by atoms with Crippen molar-refractivity contribution in [2.24, 2.45) is 0 Å². The lowest BCUT2D eigenvalue weighted by atomic mass is 9.75. The summed E-state index contributed by atoms with van der Waals surface area (Å²) in [4.78, 5) is 12.4. The van der Waals surface area contributed by atoms with Gasteiger partial charge in [0.05, 0.1) is 17.7 Å². The van der Waals surface area contributed by atoms with Crippen LogP contribution in [-0.2, 0) is 9.39 Å². The molecule has 0 aromatic heterocycles. The third-order valence-corrected chi connectivity index (χ3v) is 5.11. The smallest absolute Gasteiger partial charge is 0.493 e. The number of nitrogens with zero attached hydrogens (tertiary/aromatic N) is 1. The van der Waals surface area contributed by atoms with E-state index in [1.54, 1.807) is 0 Å². The molecule has 1 aliphatic heterocycles. The largest absolute Gasteiger partial charge is 0.573 e. The maximum absolute atomic E-state index is 12.4. The molecule has 1 heterocycles. The molecule has 1 aromatic rings. The van der Waals surface area contributed by atoms with E-state index in [-0.39, 0.29) is 17.2 Å². The molecule has 0 spiro atoms. The van der Waals surface area contributed by atoms with Crippen molar-refractivity contribution in [1.82, 2.24) is 5.32 Å². The topological polar surface area (TPSA) is 101 Å². The quantitative estimate of drug-likeness (QED) is 0.638. The summed E-state index contributed by atoms with van der Waals surface area (Å²) >= 11 is 6.31. The first-order valence-corrected chi connectivity index (χ1v) is 9.52. The molecular weight excluding hydrogens is 439 g/mol. The Kier molecular flexibility index (Phi) is 6.55. The third kappa shape index (κ3) is 5.52. The van der Waals surface area contributed by atoms with Crippen LogP contribution < -0.4 is 10.1 Å². The molecular formula is C19H17BClF3N2O5. The van der Waals surface area contributed by atoms with Gasteiger partial charge in [-0.15, -0.1) is 13.2 Å². The molecule has 1 unspecified atom stereocenters. The summed E-state index contributed by atoms with van der Waals surface area (Å²) in [6.45, 7) is 1.48. The standard InChI is InChI=1S/C19H17BClF3N2O5/c1-18(9-25,10-29-14-7-4-12-8-30-20(28)15(12)16(14)21)26-17(27)11-2-5-13(6-3-11)31-19(22,23)24/h2-3,5-6,28H,4,7-8,10H2,1H3,(H,26,27). The Balaban J connectivity index is 1.65. The molecule has 2 N–H and O–H groups in total. The Morgan fingerprint density at radius 3 is 2.65 bits per heavy atom. The molecule has 0 bridgehead atoms. The van der Waals surface area contributed by atoms with Gasteiger partial charge in [0.15, 0.2) is 5.54 Å². The van der Waals surface area contributed by atoms with E-state index in [1.807, 2.05) is 6.07 Å². The van der Waals surface area contributed by atoms with Crippen molar-refractivity contribution < 1.29 is 37.1 Å². The maximum atomic E-state index is 12.4. The van der Waals surface area contributed by atoms with Gasteiger partial charge in [0.25, 0.3) is 5.91 Å². The third-order valence-electron chi connectivity index (χ3n) is 4.70. The molecule has 164 valence electrons. The van der Waals surface area contributed by atoms with Crippen LogP contribution in [0.3, 0.4) is 0 Å². The normalized spacial score (nSPS) is 18.3. The fourth-order valence-corrected chi connectivity index (χ4v) is 3.48. The first kappa shape index (κ1) is 23.0. The Bertz CT molecular complexity index is 974. The lowest BCUT2D eigenvalue weighted by Gasteiger charge is -2.26. The van der Waals surface area contributed by atoms with Crippen LogP contribution in [-0.4, -0.2) is 43.2 Å². The number of rotatable bonds is 6. The number of allylic oxidation sites excluding steroid dienone is 3. The van der Waals surface area contributed by atoms with Crippen molar-refractivity contribution in [1.29, 1.82) is 5.26 Å². The fraction of sp³-hybridized carbons (Fsp3) is 0.368. The van der Waals surface area contributed by atoms with Gasteiger partial charge in [-0.25, -0.2) is 0 Å². The number of amides is 1. The van der Waals surface area contributed by atoms with Gasteiger partial charge in [-0.05, 0) is 43.2 Å². The van der Waals surface area contributed by atoms with Gasteiger partial charge in [-0.2, -0.15) is 5.26 Å². The van der Waals surface area contributed by atoms with Crippen LogP contribution in [0.4, 0.5) is 13.2 Å². The number of hydrogen-bond donors (Lipinski definition) is 2. The molecule has 2 aliphatic rings. The lowest BCUT2D eigenvalue weighted by Crippen LogP contribution is -2.48. The zero-order chi connectivity index (χ0) is 22.8. The van der Waals surface area contributed by atoms with Gasteiger partial charge in [-0.3, -0.25) is 4.79 Å². The number of ether oxygens (including phenoxy) is 2. The van der Waals surface area contributed by atoms with Gasteiger partial charge in [0.2, 0.25) is 0 Å². The Morgan fingerprint density at radius 1 is 1.35 bits per heavy atom. The van der Waals surface area contributed by atoms with Crippen LogP contribution in [0, 0.1) is 11.3 Å². The average Bonchev–Trinajstić information content (AvgIpc) is 3.08. The Hall–Kier alpha value is -2.68. The van der Waals surface area contributed by atoms with Crippen molar-refractivity contribution in [2.75, 3.05) is 13.2 Å². The van der Waals surface area contributed by atoms with E-state index in [4.69, 9.17) is 21.0 Å². The van der Waals surface area contributed by atoms with E-state index in [0.717, 1.165) is 29.8 Å². The van der Waals surface area contributed by atoms with Crippen LogP contribution >= 0.6 is 11.6 Å². The first-order valence-electron chi connectivity index (χ1n) is 9.14. The van der Waals surface area contributed by atoms with E-state index in [9.17, 15) is 28.3 Å². The fourth-order valence-electron chi connectivity index (χ4n) is 3.10. The van der Waals surface area contributed by atoms with E-state index in [0.29, 0.717) is 30.7 Å². The molecule has 1 amide bonds. The first-order chi connectivity index (χ1) is 14.5. The summed E-state index contributed by atoms with van der Waals surface area (Å²) in [7, 11) is -1.13. The number of nitrogens with one attached hydrogen (secondary N) is 1. The highest BCUT2D eigenvalue weighted by Gasteiger charge is 2.37. The highest BCUT2D eigenvalue weighted by Crippen LogP contribution is 2.38. The van der Waals surface area contributed by atoms with Crippen LogP contribution in [0.15, 0.2) is 46.1 Å². The van der Waals surface area contributed by atoms with E-state index >= 15 is 0 Å². The second-order valence-corrected chi connectivity index (χ2v) is 7.55. The van der Waals surface area contributed by atoms with E-state index in [1.165, 1.54) is 6.92 Å². The van der Waals surface area contributed by atoms with E-state index in [2.05, 4.69) is 10.1 Å². The van der Waals surface area contributed by atoms with Gasteiger partial charge in [0.1, 0.15) is 18.1 Å². The minimum atomic E-state index is -4.84. The molecule has 0 saturated carbocycles. The summed E-state index contributed by atoms with van der Waals surface area (Å²) in [6.07, 6.45) is -3.81. The Morgan fingerprint density at radius 2 is 2.03 bits per heavy atom.